The molecular formula is C46H84NO7P. The van der Waals surface area contributed by atoms with Crippen molar-refractivity contribution in [2.24, 2.45) is 0 Å². The highest BCUT2D eigenvalue weighted by Crippen LogP contribution is 2.38. The van der Waals surface area contributed by atoms with E-state index in [2.05, 4.69) is 62.5 Å². The van der Waals surface area contributed by atoms with Crippen LogP contribution in [0.2, 0.25) is 0 Å². The number of ether oxygens (including phenoxy) is 2. The normalized spacial score (nSPS) is 14.3. The Morgan fingerprint density at radius 1 is 0.600 bits per heavy atom. The Balaban J connectivity index is 4.33. The van der Waals surface area contributed by atoms with Gasteiger partial charge in [0.15, 0.2) is 6.10 Å². The molecule has 0 aliphatic carbocycles. The number of phosphoric acid groups is 1. The van der Waals surface area contributed by atoms with Gasteiger partial charge < -0.3 is 27.9 Å². The van der Waals surface area contributed by atoms with Crippen LogP contribution in [0.1, 0.15) is 174 Å². The highest BCUT2D eigenvalue weighted by atomic mass is 31.2. The van der Waals surface area contributed by atoms with Crippen molar-refractivity contribution >= 4 is 13.8 Å². The average Bonchev–Trinajstić information content (AvgIpc) is 3.14. The molecule has 0 heterocycles. The van der Waals surface area contributed by atoms with E-state index < -0.39 is 13.9 Å². The minimum absolute atomic E-state index is 0.0212. The molecule has 0 spiro atoms. The molecule has 8 nitrogen and oxygen atoms in total. The van der Waals surface area contributed by atoms with Crippen LogP contribution in [-0.4, -0.2) is 64.1 Å². The number of quaternary nitrogens is 1. The number of allylic oxidation sites excluding steroid dienone is 9. The SMILES string of the molecule is CC/C=C\C/C=C\C/C=C\C/C=C\CCCCCCC(=O)OCC(COP(=O)([O-])OCC[N+](C)(C)C)O/C=C\CCCCCCCCCCCCCCCC. The van der Waals surface area contributed by atoms with Crippen LogP contribution in [0.3, 0.4) is 0 Å². The molecule has 0 aliphatic heterocycles. The van der Waals surface area contributed by atoms with Gasteiger partial charge in [-0.2, -0.15) is 0 Å². The smallest absolute Gasteiger partial charge is 0.305 e. The van der Waals surface area contributed by atoms with Gasteiger partial charge in [-0.15, -0.1) is 0 Å². The van der Waals surface area contributed by atoms with E-state index in [9.17, 15) is 14.3 Å². The standard InChI is InChI=1S/C46H84NO7P/c1-6-8-10-12-14-16-18-20-22-24-25-27-29-31-33-35-37-39-46(48)52-43-45(44-54-55(49,50)53-42-40-47(3,4)5)51-41-38-36-34-32-30-28-26-23-21-19-17-15-13-11-9-7-2/h8,10,14,16,20,22,25,27,38,41,45H,6-7,9,11-13,15,17-19,21,23-24,26,28-37,39-40,42-44H2,1-5H3/b10-8-,16-14-,22-20-,27-25-,41-38-. The number of hydrogen-bond donors (Lipinski definition) is 0. The second-order valence-electron chi connectivity index (χ2n) is 15.7. The molecule has 0 fully saturated rings. The summed E-state index contributed by atoms with van der Waals surface area (Å²) in [7, 11) is 1.34. The van der Waals surface area contributed by atoms with Gasteiger partial charge in [-0.1, -0.05) is 159 Å². The van der Waals surface area contributed by atoms with Gasteiger partial charge in [-0.3, -0.25) is 9.36 Å². The molecule has 0 N–H and O–H groups in total. The number of rotatable bonds is 40. The fraction of sp³-hybridized carbons (Fsp3) is 0.761. The summed E-state index contributed by atoms with van der Waals surface area (Å²) in [4.78, 5) is 24.8. The lowest BCUT2D eigenvalue weighted by Gasteiger charge is -2.28. The molecule has 2 unspecified atom stereocenters. The lowest BCUT2D eigenvalue weighted by atomic mass is 10.0. The number of esters is 1. The Kier molecular flexibility index (Phi) is 37.5. The van der Waals surface area contributed by atoms with E-state index >= 15 is 0 Å². The van der Waals surface area contributed by atoms with Crippen LogP contribution >= 0.6 is 7.82 Å². The molecule has 0 amide bonds. The molecule has 0 aliphatic rings. The number of carbonyl (C=O) groups is 1. The molecule has 0 aromatic heterocycles. The highest BCUT2D eigenvalue weighted by Gasteiger charge is 2.19. The molecule has 0 aromatic rings. The molecule has 0 radical (unpaired) electrons. The Bertz CT molecular complexity index is 1060. The monoisotopic (exact) mass is 794 g/mol. The average molecular weight is 794 g/mol. The molecule has 0 aromatic carbocycles. The van der Waals surface area contributed by atoms with Crippen molar-refractivity contribution < 1.29 is 37.3 Å². The Hall–Kier alpha value is -1.96. The fourth-order valence-electron chi connectivity index (χ4n) is 5.70. The summed E-state index contributed by atoms with van der Waals surface area (Å²) in [5.74, 6) is -0.316. The van der Waals surface area contributed by atoms with Crippen LogP contribution in [-0.2, 0) is 27.9 Å². The summed E-state index contributed by atoms with van der Waals surface area (Å²) >= 11 is 0. The zero-order chi connectivity index (χ0) is 40.6. The van der Waals surface area contributed by atoms with E-state index in [-0.39, 0.29) is 25.8 Å². The number of likely N-dealkylation sites (N-methyl/N-ethyl adjacent to an activating group) is 1. The van der Waals surface area contributed by atoms with Crippen molar-refractivity contribution in [1.82, 2.24) is 0 Å². The quantitative estimate of drug-likeness (QED) is 0.0152. The predicted molar refractivity (Wildman–Crippen MR) is 231 cm³/mol. The topological polar surface area (TPSA) is 94.1 Å². The third-order valence-electron chi connectivity index (χ3n) is 9.17. The van der Waals surface area contributed by atoms with Crippen molar-refractivity contribution in [2.45, 2.75) is 180 Å². The Morgan fingerprint density at radius 2 is 1.07 bits per heavy atom. The second-order valence-corrected chi connectivity index (χ2v) is 17.2. The maximum atomic E-state index is 12.5. The fourth-order valence-corrected chi connectivity index (χ4v) is 6.43. The molecule has 320 valence electrons. The van der Waals surface area contributed by atoms with Crippen molar-refractivity contribution in [3.8, 4) is 0 Å². The van der Waals surface area contributed by atoms with Crippen molar-refractivity contribution in [3.63, 3.8) is 0 Å². The summed E-state index contributed by atoms with van der Waals surface area (Å²) in [6.07, 6.45) is 49.0. The minimum Gasteiger partial charge on any atom is -0.756 e. The molecule has 55 heavy (non-hydrogen) atoms. The van der Waals surface area contributed by atoms with Crippen molar-refractivity contribution in [2.75, 3.05) is 47.5 Å². The number of carbonyl (C=O) groups excluding carboxylic acids is 1. The molecule has 0 bridgehead atoms. The minimum atomic E-state index is -4.52. The van der Waals surface area contributed by atoms with Gasteiger partial charge in [0.1, 0.15) is 19.8 Å². The molecule has 9 heteroatoms. The number of nitrogens with zero attached hydrogens (tertiary/aromatic N) is 1. The van der Waals surface area contributed by atoms with Crippen molar-refractivity contribution in [1.29, 1.82) is 0 Å². The maximum Gasteiger partial charge on any atom is 0.305 e. The molecule has 0 saturated heterocycles. The molecular weight excluding hydrogens is 709 g/mol. The first kappa shape index (κ1) is 53.0. The second kappa shape index (κ2) is 38.9. The van der Waals surface area contributed by atoms with Gasteiger partial charge in [-0.05, 0) is 63.9 Å². The number of hydrogen-bond acceptors (Lipinski definition) is 7. The summed E-state index contributed by atoms with van der Waals surface area (Å²) < 4.78 is 34.3. The maximum absolute atomic E-state index is 12.5. The van der Waals surface area contributed by atoms with Crippen LogP contribution in [0, 0.1) is 0 Å². The lowest BCUT2D eigenvalue weighted by molar-refractivity contribution is -0.870. The Labute approximate surface area is 339 Å². The summed E-state index contributed by atoms with van der Waals surface area (Å²) in [6.45, 7) is 4.57. The molecule has 2 atom stereocenters. The summed E-state index contributed by atoms with van der Waals surface area (Å²) in [6, 6.07) is 0. The third-order valence-corrected chi connectivity index (χ3v) is 10.1. The largest absolute Gasteiger partial charge is 0.756 e. The van der Waals surface area contributed by atoms with E-state index in [4.69, 9.17) is 18.5 Å². The van der Waals surface area contributed by atoms with Gasteiger partial charge in [0.05, 0.1) is 34.0 Å². The van der Waals surface area contributed by atoms with Gasteiger partial charge in [-0.25, -0.2) is 0 Å². The van der Waals surface area contributed by atoms with Crippen LogP contribution < -0.4 is 4.89 Å². The van der Waals surface area contributed by atoms with Gasteiger partial charge in [0.2, 0.25) is 0 Å². The van der Waals surface area contributed by atoms with Crippen LogP contribution in [0.15, 0.2) is 60.9 Å². The van der Waals surface area contributed by atoms with Gasteiger partial charge >= 0.3 is 5.97 Å². The van der Waals surface area contributed by atoms with Crippen molar-refractivity contribution in [3.05, 3.63) is 60.9 Å². The summed E-state index contributed by atoms with van der Waals surface area (Å²) in [5.41, 5.74) is 0. The molecule has 0 rings (SSSR count). The van der Waals surface area contributed by atoms with Gasteiger partial charge in [0.25, 0.3) is 7.82 Å². The zero-order valence-corrected chi connectivity index (χ0v) is 37.0. The van der Waals surface area contributed by atoms with E-state index in [1.165, 1.54) is 83.5 Å². The number of unbranched alkanes of at least 4 members (excludes halogenated alkanes) is 18. The first-order chi connectivity index (χ1) is 26.6. The first-order valence-electron chi connectivity index (χ1n) is 22.1. The highest BCUT2D eigenvalue weighted by molar-refractivity contribution is 7.45. The Morgan fingerprint density at radius 3 is 1.60 bits per heavy atom. The van der Waals surface area contributed by atoms with E-state index in [0.717, 1.165) is 70.6 Å². The van der Waals surface area contributed by atoms with Gasteiger partial charge in [0, 0.05) is 6.42 Å². The molecule has 0 saturated carbocycles. The third kappa shape index (κ3) is 43.0. The number of phosphoric ester groups is 1. The zero-order valence-electron chi connectivity index (χ0n) is 36.1. The van der Waals surface area contributed by atoms with Crippen LogP contribution in [0.4, 0.5) is 0 Å². The van der Waals surface area contributed by atoms with E-state index in [0.29, 0.717) is 17.4 Å². The summed E-state index contributed by atoms with van der Waals surface area (Å²) in [5, 5.41) is 0. The predicted octanol–water partition coefficient (Wildman–Crippen LogP) is 12.7. The first-order valence-corrected chi connectivity index (χ1v) is 23.5. The lowest BCUT2D eigenvalue weighted by Crippen LogP contribution is -2.37. The van der Waals surface area contributed by atoms with E-state index in [1.807, 2.05) is 27.2 Å². The van der Waals surface area contributed by atoms with E-state index in [1.54, 1.807) is 6.26 Å². The van der Waals surface area contributed by atoms with Crippen LogP contribution in [0.25, 0.3) is 0 Å². The van der Waals surface area contributed by atoms with Crippen LogP contribution in [0.5, 0.6) is 0 Å².